The van der Waals surface area contributed by atoms with E-state index in [1.54, 1.807) is 19.1 Å². The normalized spacial score (nSPS) is 16.2. The van der Waals surface area contributed by atoms with E-state index >= 15 is 0 Å². The van der Waals surface area contributed by atoms with Gasteiger partial charge in [-0.05, 0) is 42.8 Å². The second-order valence-electron chi connectivity index (χ2n) is 5.86. The van der Waals surface area contributed by atoms with Crippen LogP contribution in [-0.4, -0.2) is 35.0 Å². The Labute approximate surface area is 164 Å². The molecule has 3 rings (SSSR count). The molecule has 1 aromatic heterocycles. The summed E-state index contributed by atoms with van der Waals surface area (Å²) in [7, 11) is 0. The minimum atomic E-state index is -0.693. The first-order valence-corrected chi connectivity index (χ1v) is 8.91. The van der Waals surface area contributed by atoms with Gasteiger partial charge in [-0.25, -0.2) is 0 Å². The van der Waals surface area contributed by atoms with Crippen LogP contribution in [0.5, 0.6) is 0 Å². The number of nitrogens with zero attached hydrogens (tertiary/aromatic N) is 2. The largest absolute Gasteiger partial charge is 0.457 e. The molecular weight excluding hydrogens is 412 g/mol. The van der Waals surface area contributed by atoms with Crippen molar-refractivity contribution in [2.45, 2.75) is 6.92 Å². The van der Waals surface area contributed by atoms with Crippen LogP contribution < -0.4 is 0 Å². The third kappa shape index (κ3) is 3.63. The molecule has 136 valence electrons. The van der Waals surface area contributed by atoms with Gasteiger partial charge in [0.1, 0.15) is 23.2 Å². The van der Waals surface area contributed by atoms with Gasteiger partial charge in [0, 0.05) is 15.6 Å². The SMILES string of the molecule is CC1=C(C#N)C(=O)N(CCO)C(=O)C1=Cc1ccc(-c2ccc(Br)cc2)o1. The van der Waals surface area contributed by atoms with Crippen molar-refractivity contribution in [3.63, 3.8) is 0 Å². The lowest BCUT2D eigenvalue weighted by Gasteiger charge is -2.26. The Balaban J connectivity index is 2.01. The van der Waals surface area contributed by atoms with Crippen molar-refractivity contribution in [1.29, 1.82) is 5.26 Å². The molecule has 1 aliphatic heterocycles. The van der Waals surface area contributed by atoms with E-state index in [1.807, 2.05) is 30.3 Å². The summed E-state index contributed by atoms with van der Waals surface area (Å²) >= 11 is 3.38. The highest BCUT2D eigenvalue weighted by Crippen LogP contribution is 2.29. The highest BCUT2D eigenvalue weighted by Gasteiger charge is 2.35. The fourth-order valence-corrected chi connectivity index (χ4v) is 3.04. The van der Waals surface area contributed by atoms with Crippen LogP contribution >= 0.6 is 15.9 Å². The monoisotopic (exact) mass is 426 g/mol. The van der Waals surface area contributed by atoms with E-state index in [4.69, 9.17) is 9.52 Å². The van der Waals surface area contributed by atoms with Gasteiger partial charge in [0.05, 0.1) is 13.2 Å². The van der Waals surface area contributed by atoms with Crippen molar-refractivity contribution >= 4 is 33.8 Å². The standard InChI is InChI=1S/C20H15BrN2O4/c1-12-16(19(25)23(8-9-24)20(26)17(12)11-22)10-15-6-7-18(27-15)13-2-4-14(21)5-3-13/h2-7,10,24H,8-9H2,1H3. The van der Waals surface area contributed by atoms with Crippen LogP contribution in [0.3, 0.4) is 0 Å². The fourth-order valence-electron chi connectivity index (χ4n) is 2.77. The third-order valence-corrected chi connectivity index (χ3v) is 4.72. The second kappa shape index (κ2) is 7.74. The van der Waals surface area contributed by atoms with Gasteiger partial charge in [0.15, 0.2) is 0 Å². The number of carbonyl (C=O) groups excluding carboxylic acids is 2. The van der Waals surface area contributed by atoms with Crippen molar-refractivity contribution < 1.29 is 19.1 Å². The fraction of sp³-hybridized carbons (Fsp3) is 0.150. The van der Waals surface area contributed by atoms with Gasteiger partial charge in [-0.1, -0.05) is 28.1 Å². The number of hydrogen-bond acceptors (Lipinski definition) is 5. The number of amides is 2. The van der Waals surface area contributed by atoms with Crippen LogP contribution in [0.4, 0.5) is 0 Å². The van der Waals surface area contributed by atoms with Crippen molar-refractivity contribution in [2.75, 3.05) is 13.2 Å². The first-order valence-electron chi connectivity index (χ1n) is 8.12. The van der Waals surface area contributed by atoms with Crippen molar-refractivity contribution in [1.82, 2.24) is 4.90 Å². The average molecular weight is 427 g/mol. The lowest BCUT2D eigenvalue weighted by molar-refractivity contribution is -0.140. The molecule has 7 heteroatoms. The molecule has 2 aromatic rings. The number of carbonyl (C=O) groups is 2. The molecule has 0 fully saturated rings. The molecule has 0 unspecified atom stereocenters. The second-order valence-corrected chi connectivity index (χ2v) is 6.78. The molecule has 0 bridgehead atoms. The first-order chi connectivity index (χ1) is 13.0. The lowest BCUT2D eigenvalue weighted by Crippen LogP contribution is -2.44. The van der Waals surface area contributed by atoms with E-state index in [-0.39, 0.29) is 24.3 Å². The van der Waals surface area contributed by atoms with Crippen molar-refractivity contribution in [3.05, 3.63) is 63.4 Å². The summed E-state index contributed by atoms with van der Waals surface area (Å²) in [5, 5.41) is 18.4. The molecule has 0 radical (unpaired) electrons. The zero-order valence-electron chi connectivity index (χ0n) is 14.4. The molecule has 2 heterocycles. The maximum atomic E-state index is 12.7. The molecule has 27 heavy (non-hydrogen) atoms. The number of aliphatic hydroxyl groups excluding tert-OH is 1. The van der Waals surface area contributed by atoms with E-state index in [0.29, 0.717) is 17.1 Å². The Hall–Kier alpha value is -2.95. The minimum Gasteiger partial charge on any atom is -0.457 e. The summed E-state index contributed by atoms with van der Waals surface area (Å²) in [5.74, 6) is -0.206. The van der Waals surface area contributed by atoms with Crippen LogP contribution in [0.2, 0.25) is 0 Å². The minimum absolute atomic E-state index is 0.117. The van der Waals surface area contributed by atoms with E-state index in [0.717, 1.165) is 14.9 Å². The molecule has 1 aliphatic rings. The van der Waals surface area contributed by atoms with Crippen molar-refractivity contribution in [2.24, 2.45) is 0 Å². The molecule has 1 N–H and O–H groups in total. The predicted octanol–water partition coefficient (Wildman–Crippen LogP) is 3.29. The maximum absolute atomic E-state index is 12.7. The van der Waals surface area contributed by atoms with Gasteiger partial charge >= 0.3 is 0 Å². The number of imide groups is 1. The number of nitriles is 1. The van der Waals surface area contributed by atoms with Crippen LogP contribution in [0, 0.1) is 11.3 Å². The average Bonchev–Trinajstić information content (AvgIpc) is 3.12. The summed E-state index contributed by atoms with van der Waals surface area (Å²) < 4.78 is 6.75. The molecule has 2 amide bonds. The van der Waals surface area contributed by atoms with Gasteiger partial charge in [-0.2, -0.15) is 5.26 Å². The number of furan rings is 1. The van der Waals surface area contributed by atoms with Gasteiger partial charge < -0.3 is 9.52 Å². The van der Waals surface area contributed by atoms with Gasteiger partial charge in [0.25, 0.3) is 11.8 Å². The highest BCUT2D eigenvalue weighted by molar-refractivity contribution is 9.10. The highest BCUT2D eigenvalue weighted by atomic mass is 79.9. The van der Waals surface area contributed by atoms with Gasteiger partial charge in [-0.15, -0.1) is 0 Å². The zero-order valence-corrected chi connectivity index (χ0v) is 16.0. The summed E-state index contributed by atoms with van der Waals surface area (Å²) in [6, 6.07) is 12.9. The summed E-state index contributed by atoms with van der Waals surface area (Å²) in [4.78, 5) is 25.8. The smallest absolute Gasteiger partial charge is 0.271 e. The maximum Gasteiger partial charge on any atom is 0.271 e. The Morgan fingerprint density at radius 1 is 1.19 bits per heavy atom. The van der Waals surface area contributed by atoms with Crippen LogP contribution in [-0.2, 0) is 9.59 Å². The molecule has 1 aromatic carbocycles. The number of aliphatic hydroxyl groups is 1. The summed E-state index contributed by atoms with van der Waals surface area (Å²) in [6.45, 7) is 1.00. The van der Waals surface area contributed by atoms with Gasteiger partial charge in [-0.3, -0.25) is 14.5 Å². The molecule has 0 aliphatic carbocycles. The number of benzene rings is 1. The molecule has 0 saturated carbocycles. The van der Waals surface area contributed by atoms with E-state index < -0.39 is 11.8 Å². The quantitative estimate of drug-likeness (QED) is 0.597. The summed E-state index contributed by atoms with van der Waals surface area (Å²) in [6.07, 6.45) is 1.51. The first kappa shape index (κ1) is 18.8. The topological polar surface area (TPSA) is 94.5 Å². The molecule has 0 spiro atoms. The Kier molecular flexibility index (Phi) is 5.40. The molecule has 0 saturated heterocycles. The Morgan fingerprint density at radius 3 is 2.52 bits per heavy atom. The lowest BCUT2D eigenvalue weighted by atomic mass is 9.95. The van der Waals surface area contributed by atoms with Gasteiger partial charge in [0.2, 0.25) is 0 Å². The van der Waals surface area contributed by atoms with Crippen LogP contribution in [0.15, 0.2) is 62.0 Å². The van der Waals surface area contributed by atoms with Crippen LogP contribution in [0.1, 0.15) is 12.7 Å². The molecular formula is C20H15BrN2O4. The van der Waals surface area contributed by atoms with E-state index in [1.165, 1.54) is 6.08 Å². The van der Waals surface area contributed by atoms with Crippen LogP contribution in [0.25, 0.3) is 17.4 Å². The Bertz CT molecular complexity index is 1010. The number of hydrogen-bond donors (Lipinski definition) is 1. The zero-order chi connectivity index (χ0) is 19.6. The number of β-amino-alcohol motifs (C(OH)–C–C–N with tert-alkyl or cyclic N) is 1. The van der Waals surface area contributed by atoms with Crippen molar-refractivity contribution in [3.8, 4) is 17.4 Å². The molecule has 6 nitrogen and oxygen atoms in total. The molecule has 0 atom stereocenters. The number of halogens is 1. The Morgan fingerprint density at radius 2 is 1.89 bits per heavy atom. The predicted molar refractivity (Wildman–Crippen MR) is 102 cm³/mol. The summed E-state index contributed by atoms with van der Waals surface area (Å²) in [5.41, 5.74) is 1.24. The van der Waals surface area contributed by atoms with E-state index in [9.17, 15) is 14.9 Å². The van der Waals surface area contributed by atoms with E-state index in [2.05, 4.69) is 15.9 Å². The third-order valence-electron chi connectivity index (χ3n) is 4.19. The number of rotatable bonds is 4.